The average Bonchev–Trinajstić information content (AvgIpc) is 2.32. The Balaban J connectivity index is 2.44. The van der Waals surface area contributed by atoms with Gasteiger partial charge in [-0.2, -0.15) is 4.31 Å². The van der Waals surface area contributed by atoms with Crippen LogP contribution in [0.1, 0.15) is 0 Å². The fourth-order valence-corrected chi connectivity index (χ4v) is 3.93. The first-order valence-corrected chi connectivity index (χ1v) is 7.43. The molecule has 18 heavy (non-hydrogen) atoms. The second-order valence-corrected chi connectivity index (χ2v) is 6.54. The first kappa shape index (κ1) is 14.0. The van der Waals surface area contributed by atoms with Crippen LogP contribution in [-0.2, 0) is 14.8 Å². The molecule has 100 valence electrons. The highest BCUT2D eigenvalue weighted by Gasteiger charge is 2.33. The number of ether oxygens (including phenoxy) is 1. The highest BCUT2D eigenvalue weighted by molar-refractivity contribution is 7.89. The van der Waals surface area contributed by atoms with E-state index < -0.39 is 16.2 Å². The number of halogens is 2. The van der Waals surface area contributed by atoms with Gasteiger partial charge >= 0.3 is 0 Å². The maximum Gasteiger partial charge on any atom is 0.246 e. The van der Waals surface area contributed by atoms with Crippen LogP contribution < -0.4 is 5.73 Å². The van der Waals surface area contributed by atoms with E-state index in [4.69, 9.17) is 33.7 Å². The van der Waals surface area contributed by atoms with Crippen molar-refractivity contribution in [2.24, 2.45) is 5.73 Å². The molecule has 0 aromatic heterocycles. The van der Waals surface area contributed by atoms with Crippen LogP contribution in [0.25, 0.3) is 0 Å². The summed E-state index contributed by atoms with van der Waals surface area (Å²) in [5, 5.41) is 0.429. The highest BCUT2D eigenvalue weighted by atomic mass is 35.5. The molecule has 1 heterocycles. The first-order valence-electron chi connectivity index (χ1n) is 5.23. The Morgan fingerprint density at radius 1 is 1.39 bits per heavy atom. The van der Waals surface area contributed by atoms with Gasteiger partial charge in [-0.3, -0.25) is 0 Å². The minimum Gasteiger partial charge on any atom is -0.377 e. The molecular formula is C10H12Cl2N2O3S. The Morgan fingerprint density at radius 2 is 2.11 bits per heavy atom. The Hall–Kier alpha value is -0.370. The molecule has 1 aliphatic rings. The van der Waals surface area contributed by atoms with Crippen molar-refractivity contribution in [1.29, 1.82) is 0 Å². The molecule has 0 aliphatic carbocycles. The molecule has 0 radical (unpaired) electrons. The minimum absolute atomic E-state index is 0.0333. The molecule has 1 unspecified atom stereocenters. The number of morpholine rings is 1. The molecule has 5 nitrogen and oxygen atoms in total. The number of nitrogens with two attached hydrogens (primary N) is 1. The lowest BCUT2D eigenvalue weighted by atomic mass is 10.4. The SMILES string of the molecule is NC1COCCN1S(=O)(=O)c1cc(Cl)ccc1Cl. The van der Waals surface area contributed by atoms with Crippen LogP contribution in [0.3, 0.4) is 0 Å². The van der Waals surface area contributed by atoms with Crippen LogP contribution in [0.15, 0.2) is 23.1 Å². The molecule has 1 atom stereocenters. The van der Waals surface area contributed by atoms with Gasteiger partial charge in [0.15, 0.2) is 0 Å². The molecule has 1 aliphatic heterocycles. The van der Waals surface area contributed by atoms with Crippen molar-refractivity contribution >= 4 is 33.2 Å². The van der Waals surface area contributed by atoms with Crippen LogP contribution in [-0.4, -0.2) is 38.6 Å². The summed E-state index contributed by atoms with van der Waals surface area (Å²) in [5.74, 6) is 0. The van der Waals surface area contributed by atoms with Crippen molar-refractivity contribution in [3.63, 3.8) is 0 Å². The van der Waals surface area contributed by atoms with Crippen molar-refractivity contribution in [2.75, 3.05) is 19.8 Å². The maximum atomic E-state index is 12.4. The largest absolute Gasteiger partial charge is 0.377 e. The molecule has 1 saturated heterocycles. The van der Waals surface area contributed by atoms with Crippen LogP contribution in [0.5, 0.6) is 0 Å². The molecule has 2 N–H and O–H groups in total. The van der Waals surface area contributed by atoms with Crippen molar-refractivity contribution in [2.45, 2.75) is 11.1 Å². The third-order valence-electron chi connectivity index (χ3n) is 2.59. The molecule has 0 amide bonds. The standard InChI is InChI=1S/C10H12Cl2N2O3S/c11-7-1-2-8(12)9(5-7)18(15,16)14-3-4-17-6-10(14)13/h1-2,5,10H,3-4,6,13H2. The van der Waals surface area contributed by atoms with Gasteiger partial charge in [0.2, 0.25) is 10.0 Å². The van der Waals surface area contributed by atoms with E-state index in [1.807, 2.05) is 0 Å². The number of hydrogen-bond acceptors (Lipinski definition) is 4. The zero-order chi connectivity index (χ0) is 13.3. The quantitative estimate of drug-likeness (QED) is 0.893. The first-order chi connectivity index (χ1) is 8.43. The number of hydrogen-bond donors (Lipinski definition) is 1. The Morgan fingerprint density at radius 3 is 2.78 bits per heavy atom. The Kier molecular flexibility index (Phi) is 4.15. The summed E-state index contributed by atoms with van der Waals surface area (Å²) < 4.78 is 31.1. The second kappa shape index (κ2) is 5.32. The monoisotopic (exact) mass is 310 g/mol. The third kappa shape index (κ3) is 2.64. The highest BCUT2D eigenvalue weighted by Crippen LogP contribution is 2.28. The van der Waals surface area contributed by atoms with Gasteiger partial charge in [0.1, 0.15) is 4.90 Å². The summed E-state index contributed by atoms with van der Waals surface area (Å²) in [5.41, 5.74) is 5.74. The third-order valence-corrected chi connectivity index (χ3v) is 5.24. The van der Waals surface area contributed by atoms with Gasteiger partial charge in [0, 0.05) is 11.6 Å². The van der Waals surface area contributed by atoms with Gasteiger partial charge in [0.05, 0.1) is 24.4 Å². The Bertz CT molecular complexity index is 550. The molecule has 1 fully saturated rings. The average molecular weight is 311 g/mol. The normalized spacial score (nSPS) is 22.1. The Labute approximate surface area is 115 Å². The van der Waals surface area contributed by atoms with Gasteiger partial charge in [-0.15, -0.1) is 0 Å². The van der Waals surface area contributed by atoms with Crippen LogP contribution in [0.4, 0.5) is 0 Å². The van der Waals surface area contributed by atoms with Crippen LogP contribution in [0, 0.1) is 0 Å². The summed E-state index contributed by atoms with van der Waals surface area (Å²) >= 11 is 11.7. The van der Waals surface area contributed by atoms with Gasteiger partial charge in [-0.05, 0) is 18.2 Å². The summed E-state index contributed by atoms with van der Waals surface area (Å²) in [4.78, 5) is -0.0333. The molecule has 0 bridgehead atoms. The fourth-order valence-electron chi connectivity index (χ4n) is 1.71. The van der Waals surface area contributed by atoms with E-state index in [2.05, 4.69) is 0 Å². The molecular weight excluding hydrogens is 299 g/mol. The van der Waals surface area contributed by atoms with E-state index in [0.717, 1.165) is 0 Å². The van der Waals surface area contributed by atoms with E-state index in [1.54, 1.807) is 0 Å². The van der Waals surface area contributed by atoms with E-state index in [-0.39, 0.29) is 23.1 Å². The van der Waals surface area contributed by atoms with Crippen molar-refractivity contribution in [3.8, 4) is 0 Å². The second-order valence-electron chi connectivity index (χ2n) is 3.83. The van der Waals surface area contributed by atoms with E-state index in [0.29, 0.717) is 11.6 Å². The molecule has 2 rings (SSSR count). The van der Waals surface area contributed by atoms with E-state index in [9.17, 15) is 8.42 Å². The van der Waals surface area contributed by atoms with Gasteiger partial charge in [-0.1, -0.05) is 23.2 Å². The summed E-state index contributed by atoms with van der Waals surface area (Å²) in [6.07, 6.45) is -0.709. The maximum absolute atomic E-state index is 12.4. The number of sulfonamides is 1. The summed E-state index contributed by atoms with van der Waals surface area (Å²) in [6.45, 7) is 0.675. The van der Waals surface area contributed by atoms with E-state index >= 15 is 0 Å². The fraction of sp³-hybridized carbons (Fsp3) is 0.400. The molecule has 0 spiro atoms. The van der Waals surface area contributed by atoms with E-state index in [1.165, 1.54) is 22.5 Å². The predicted octanol–water partition coefficient (Wildman–Crippen LogP) is 1.30. The lowest BCUT2D eigenvalue weighted by Crippen LogP contribution is -2.53. The minimum atomic E-state index is -3.75. The number of nitrogens with zero attached hydrogens (tertiary/aromatic N) is 1. The molecule has 8 heteroatoms. The lowest BCUT2D eigenvalue weighted by Gasteiger charge is -2.32. The smallest absolute Gasteiger partial charge is 0.246 e. The van der Waals surface area contributed by atoms with Crippen LogP contribution in [0.2, 0.25) is 10.0 Å². The summed E-state index contributed by atoms with van der Waals surface area (Å²) in [7, 11) is -3.75. The van der Waals surface area contributed by atoms with Gasteiger partial charge in [0.25, 0.3) is 0 Å². The number of rotatable bonds is 2. The lowest BCUT2D eigenvalue weighted by molar-refractivity contribution is 0.0350. The van der Waals surface area contributed by atoms with Crippen molar-refractivity contribution in [3.05, 3.63) is 28.2 Å². The number of benzene rings is 1. The molecule has 0 saturated carbocycles. The predicted molar refractivity (Wildman–Crippen MR) is 69.1 cm³/mol. The van der Waals surface area contributed by atoms with Gasteiger partial charge < -0.3 is 10.5 Å². The topological polar surface area (TPSA) is 72.6 Å². The van der Waals surface area contributed by atoms with Crippen molar-refractivity contribution in [1.82, 2.24) is 4.31 Å². The molecule has 1 aromatic rings. The van der Waals surface area contributed by atoms with Crippen LogP contribution >= 0.6 is 23.2 Å². The zero-order valence-electron chi connectivity index (χ0n) is 9.34. The molecule has 1 aromatic carbocycles. The van der Waals surface area contributed by atoms with Gasteiger partial charge in [-0.25, -0.2) is 8.42 Å². The summed E-state index contributed by atoms with van der Waals surface area (Å²) in [6, 6.07) is 4.30. The van der Waals surface area contributed by atoms with Crippen molar-refractivity contribution < 1.29 is 13.2 Å². The zero-order valence-corrected chi connectivity index (χ0v) is 11.7.